The van der Waals surface area contributed by atoms with Gasteiger partial charge >= 0.3 is 0 Å². The second-order valence-electron chi connectivity index (χ2n) is 4.36. The molecule has 0 saturated carbocycles. The molecule has 0 nitrogen and oxygen atoms in total. The van der Waals surface area contributed by atoms with Gasteiger partial charge in [-0.25, -0.2) is 0 Å². The van der Waals surface area contributed by atoms with E-state index in [0.29, 0.717) is 0 Å². The van der Waals surface area contributed by atoms with Crippen LogP contribution in [0.4, 0.5) is 0 Å². The van der Waals surface area contributed by atoms with Crippen molar-refractivity contribution in [1.29, 1.82) is 0 Å². The normalized spacial score (nSPS) is 26.1. The average molecular weight is 174 g/mol. The Labute approximate surface area is 81.0 Å². The van der Waals surface area contributed by atoms with E-state index in [1.54, 1.807) is 11.1 Å². The Kier molecular flexibility index (Phi) is 2.15. The van der Waals surface area contributed by atoms with Gasteiger partial charge in [0.1, 0.15) is 0 Å². The summed E-state index contributed by atoms with van der Waals surface area (Å²) in [5.41, 5.74) is 4.60. The topological polar surface area (TPSA) is 0 Å². The lowest BCUT2D eigenvalue weighted by Crippen LogP contribution is -2.01. The molecular weight excluding hydrogens is 156 g/mol. The average Bonchev–Trinajstić information content (AvgIpc) is 2.42. The lowest BCUT2D eigenvalue weighted by atomic mass is 9.92. The molecule has 1 aromatic rings. The maximum Gasteiger partial charge on any atom is -0.0156 e. The summed E-state index contributed by atoms with van der Waals surface area (Å²) in [6.45, 7) is 6.86. The van der Waals surface area contributed by atoms with Crippen molar-refractivity contribution in [3.63, 3.8) is 0 Å². The smallest absolute Gasteiger partial charge is 0.0156 e. The van der Waals surface area contributed by atoms with Crippen molar-refractivity contribution in [3.8, 4) is 0 Å². The molecule has 0 heteroatoms. The first-order valence-corrected chi connectivity index (χ1v) is 5.31. The highest BCUT2D eigenvalue weighted by Gasteiger charge is 2.27. The molecule has 0 amide bonds. The van der Waals surface area contributed by atoms with Crippen molar-refractivity contribution in [1.82, 2.24) is 0 Å². The van der Waals surface area contributed by atoms with E-state index >= 15 is 0 Å². The third kappa shape index (κ3) is 1.39. The van der Waals surface area contributed by atoms with Gasteiger partial charge in [0, 0.05) is 0 Å². The number of fused-ring (bicyclic) bond motifs is 1. The second-order valence-corrected chi connectivity index (χ2v) is 4.36. The van der Waals surface area contributed by atoms with Gasteiger partial charge in [0.15, 0.2) is 0 Å². The second kappa shape index (κ2) is 3.17. The molecule has 0 fully saturated rings. The third-order valence-corrected chi connectivity index (χ3v) is 3.50. The van der Waals surface area contributed by atoms with Gasteiger partial charge in [0.25, 0.3) is 0 Å². The Morgan fingerprint density at radius 2 is 2.15 bits per heavy atom. The Hall–Kier alpha value is -0.780. The summed E-state index contributed by atoms with van der Waals surface area (Å²) in [5.74, 6) is 1.66. The van der Waals surface area contributed by atoms with Crippen LogP contribution in [0.15, 0.2) is 18.2 Å². The van der Waals surface area contributed by atoms with Gasteiger partial charge in [-0.2, -0.15) is 0 Å². The van der Waals surface area contributed by atoms with E-state index < -0.39 is 0 Å². The van der Waals surface area contributed by atoms with E-state index in [2.05, 4.69) is 39.0 Å². The zero-order chi connectivity index (χ0) is 9.42. The van der Waals surface area contributed by atoms with Crippen LogP contribution in [0.25, 0.3) is 0 Å². The van der Waals surface area contributed by atoms with E-state index in [4.69, 9.17) is 0 Å². The highest BCUT2D eigenvalue weighted by molar-refractivity contribution is 5.38. The summed E-state index contributed by atoms with van der Waals surface area (Å²) >= 11 is 0. The molecule has 13 heavy (non-hydrogen) atoms. The van der Waals surface area contributed by atoms with E-state index in [1.807, 2.05) is 0 Å². The van der Waals surface area contributed by atoms with Crippen LogP contribution in [-0.4, -0.2) is 0 Å². The molecule has 0 unspecified atom stereocenters. The molecule has 1 aliphatic carbocycles. The molecular formula is C13H18. The van der Waals surface area contributed by atoms with E-state index in [9.17, 15) is 0 Å². The fraction of sp³-hybridized carbons (Fsp3) is 0.538. The highest BCUT2D eigenvalue weighted by atomic mass is 14.3. The van der Waals surface area contributed by atoms with Crippen molar-refractivity contribution in [2.45, 2.75) is 39.5 Å². The third-order valence-electron chi connectivity index (χ3n) is 3.50. The van der Waals surface area contributed by atoms with Gasteiger partial charge in [0.05, 0.1) is 0 Å². The van der Waals surface area contributed by atoms with Crippen LogP contribution in [0.1, 0.15) is 42.9 Å². The van der Waals surface area contributed by atoms with E-state index in [-0.39, 0.29) is 0 Å². The summed E-state index contributed by atoms with van der Waals surface area (Å²) in [6, 6.07) is 6.93. The van der Waals surface area contributed by atoms with Crippen molar-refractivity contribution < 1.29 is 0 Å². The predicted octanol–water partition coefficient (Wildman–Crippen LogP) is 3.68. The number of hydrogen-bond acceptors (Lipinski definition) is 0. The van der Waals surface area contributed by atoms with Gasteiger partial charge in [-0.3, -0.25) is 0 Å². The number of benzene rings is 1. The van der Waals surface area contributed by atoms with Gasteiger partial charge < -0.3 is 0 Å². The summed E-state index contributed by atoms with van der Waals surface area (Å²) in [4.78, 5) is 0. The maximum atomic E-state index is 2.37. The lowest BCUT2D eigenvalue weighted by Gasteiger charge is -2.12. The summed E-state index contributed by atoms with van der Waals surface area (Å²) < 4.78 is 0. The van der Waals surface area contributed by atoms with Gasteiger partial charge in [-0.1, -0.05) is 44.0 Å². The molecule has 1 aliphatic rings. The first-order chi connectivity index (χ1) is 6.22. The predicted molar refractivity (Wildman–Crippen MR) is 57.1 cm³/mol. The van der Waals surface area contributed by atoms with Crippen molar-refractivity contribution in [2.24, 2.45) is 5.92 Å². The van der Waals surface area contributed by atoms with Crippen LogP contribution in [0.3, 0.4) is 0 Å². The minimum atomic E-state index is 0.778. The Morgan fingerprint density at radius 3 is 2.85 bits per heavy atom. The van der Waals surface area contributed by atoms with Crippen molar-refractivity contribution in [3.05, 3.63) is 34.9 Å². The first kappa shape index (κ1) is 8.80. The van der Waals surface area contributed by atoms with Crippen LogP contribution in [0.5, 0.6) is 0 Å². The zero-order valence-electron chi connectivity index (χ0n) is 8.80. The molecule has 0 aliphatic heterocycles. The molecule has 1 aromatic carbocycles. The fourth-order valence-corrected chi connectivity index (χ4v) is 2.57. The quantitative estimate of drug-likeness (QED) is 0.609. The van der Waals surface area contributed by atoms with E-state index in [1.165, 1.54) is 18.4 Å². The molecule has 70 valence electrons. The maximum absolute atomic E-state index is 2.37. The van der Waals surface area contributed by atoms with Crippen LogP contribution >= 0.6 is 0 Å². The summed E-state index contributed by atoms with van der Waals surface area (Å²) in [7, 11) is 0. The SMILES string of the molecule is CC[C@H]1Cc2cc(C)ccc2[C@H]1C. The summed E-state index contributed by atoms with van der Waals surface area (Å²) in [5, 5.41) is 0. The van der Waals surface area contributed by atoms with Gasteiger partial charge in [-0.05, 0) is 36.3 Å². The molecule has 2 rings (SSSR count). The minimum Gasteiger partial charge on any atom is -0.0651 e. The van der Waals surface area contributed by atoms with Gasteiger partial charge in [0.2, 0.25) is 0 Å². The number of aryl methyl sites for hydroxylation is 1. The summed E-state index contributed by atoms with van der Waals surface area (Å²) in [6.07, 6.45) is 2.61. The number of hydrogen-bond donors (Lipinski definition) is 0. The molecule has 0 bridgehead atoms. The molecule has 0 N–H and O–H groups in total. The fourth-order valence-electron chi connectivity index (χ4n) is 2.57. The number of rotatable bonds is 1. The molecule has 0 aromatic heterocycles. The Morgan fingerprint density at radius 1 is 1.38 bits per heavy atom. The molecule has 0 saturated heterocycles. The Bertz CT molecular complexity index is 312. The van der Waals surface area contributed by atoms with Crippen LogP contribution < -0.4 is 0 Å². The zero-order valence-corrected chi connectivity index (χ0v) is 8.80. The first-order valence-electron chi connectivity index (χ1n) is 5.31. The molecule has 0 spiro atoms. The Balaban J connectivity index is 2.38. The molecule has 0 radical (unpaired) electrons. The van der Waals surface area contributed by atoms with Crippen molar-refractivity contribution >= 4 is 0 Å². The largest absolute Gasteiger partial charge is 0.0651 e. The standard InChI is InChI=1S/C13H18/c1-4-11-8-12-7-9(2)5-6-13(12)10(11)3/h5-7,10-11H,4,8H2,1-3H3/t10-,11-/m0/s1. The van der Waals surface area contributed by atoms with E-state index in [0.717, 1.165) is 11.8 Å². The monoisotopic (exact) mass is 174 g/mol. The molecule has 2 atom stereocenters. The lowest BCUT2D eigenvalue weighted by molar-refractivity contribution is 0.468. The molecule has 0 heterocycles. The van der Waals surface area contributed by atoms with Crippen LogP contribution in [0.2, 0.25) is 0 Å². The minimum absolute atomic E-state index is 0.778. The van der Waals surface area contributed by atoms with Crippen LogP contribution in [-0.2, 0) is 6.42 Å². The van der Waals surface area contributed by atoms with Crippen molar-refractivity contribution in [2.75, 3.05) is 0 Å². The highest BCUT2D eigenvalue weighted by Crippen LogP contribution is 2.39. The van der Waals surface area contributed by atoms with Crippen LogP contribution in [0, 0.1) is 12.8 Å². The van der Waals surface area contributed by atoms with Gasteiger partial charge in [-0.15, -0.1) is 0 Å².